The standard InChI is InChI=1S/C19H21N3O/c1-19(2,3)13-16(23)21-18-17(14-9-5-4-6-10-14)20-15-11-7-8-12-22(15)18/h4-12H,13H2,1-3H3,(H,21,23). The third-order valence-electron chi connectivity index (χ3n) is 3.53. The molecule has 1 amide bonds. The Morgan fingerprint density at radius 2 is 1.78 bits per heavy atom. The average molecular weight is 307 g/mol. The van der Waals surface area contributed by atoms with Crippen LogP contribution in [0.5, 0.6) is 0 Å². The van der Waals surface area contributed by atoms with E-state index in [1.165, 1.54) is 0 Å². The van der Waals surface area contributed by atoms with Crippen molar-refractivity contribution in [1.29, 1.82) is 0 Å². The number of imidazole rings is 1. The number of amides is 1. The summed E-state index contributed by atoms with van der Waals surface area (Å²) < 4.78 is 1.92. The van der Waals surface area contributed by atoms with Crippen molar-refractivity contribution in [3.63, 3.8) is 0 Å². The van der Waals surface area contributed by atoms with Gasteiger partial charge in [0.05, 0.1) is 0 Å². The second-order valence-electron chi connectivity index (χ2n) is 6.89. The van der Waals surface area contributed by atoms with E-state index in [0.717, 1.165) is 22.7 Å². The second kappa shape index (κ2) is 5.88. The lowest BCUT2D eigenvalue weighted by atomic mass is 9.92. The fourth-order valence-electron chi connectivity index (χ4n) is 2.57. The predicted molar refractivity (Wildman–Crippen MR) is 93.3 cm³/mol. The van der Waals surface area contributed by atoms with Crippen molar-refractivity contribution < 1.29 is 4.79 Å². The van der Waals surface area contributed by atoms with E-state index in [1.54, 1.807) is 0 Å². The highest BCUT2D eigenvalue weighted by Gasteiger charge is 2.20. The van der Waals surface area contributed by atoms with E-state index in [2.05, 4.69) is 31.1 Å². The Hall–Kier alpha value is -2.62. The number of anilines is 1. The molecule has 3 rings (SSSR count). The number of hydrogen-bond acceptors (Lipinski definition) is 2. The van der Waals surface area contributed by atoms with Gasteiger partial charge >= 0.3 is 0 Å². The fraction of sp³-hybridized carbons (Fsp3) is 0.263. The van der Waals surface area contributed by atoms with Crippen molar-refractivity contribution in [3.05, 3.63) is 54.7 Å². The Labute approximate surface area is 136 Å². The van der Waals surface area contributed by atoms with Gasteiger partial charge in [0.2, 0.25) is 5.91 Å². The molecule has 2 heterocycles. The van der Waals surface area contributed by atoms with Gasteiger partial charge in [-0.05, 0) is 17.5 Å². The fourth-order valence-corrected chi connectivity index (χ4v) is 2.57. The summed E-state index contributed by atoms with van der Waals surface area (Å²) in [6.07, 6.45) is 2.38. The lowest BCUT2D eigenvalue weighted by Gasteiger charge is -2.17. The van der Waals surface area contributed by atoms with Gasteiger partial charge in [-0.2, -0.15) is 0 Å². The number of carbonyl (C=O) groups is 1. The third kappa shape index (κ3) is 3.42. The van der Waals surface area contributed by atoms with Gasteiger partial charge in [0.25, 0.3) is 0 Å². The summed E-state index contributed by atoms with van der Waals surface area (Å²) in [6.45, 7) is 6.16. The number of rotatable bonds is 3. The molecular formula is C19H21N3O. The van der Waals surface area contributed by atoms with Gasteiger partial charge in [-0.1, -0.05) is 57.2 Å². The molecule has 0 aliphatic heterocycles. The molecule has 0 saturated heterocycles. The number of aromatic nitrogens is 2. The third-order valence-corrected chi connectivity index (χ3v) is 3.53. The molecule has 4 heteroatoms. The summed E-state index contributed by atoms with van der Waals surface area (Å²) in [5.41, 5.74) is 2.54. The molecule has 0 radical (unpaired) electrons. The number of benzene rings is 1. The highest BCUT2D eigenvalue weighted by atomic mass is 16.1. The molecular weight excluding hydrogens is 286 g/mol. The molecule has 0 unspecified atom stereocenters. The maximum absolute atomic E-state index is 12.4. The molecule has 1 aromatic carbocycles. The highest BCUT2D eigenvalue weighted by molar-refractivity contribution is 5.94. The van der Waals surface area contributed by atoms with E-state index in [-0.39, 0.29) is 11.3 Å². The Morgan fingerprint density at radius 3 is 2.48 bits per heavy atom. The summed E-state index contributed by atoms with van der Waals surface area (Å²) in [4.78, 5) is 17.1. The van der Waals surface area contributed by atoms with Crippen LogP contribution in [0.1, 0.15) is 27.2 Å². The smallest absolute Gasteiger partial charge is 0.226 e. The monoisotopic (exact) mass is 307 g/mol. The molecule has 0 spiro atoms. The van der Waals surface area contributed by atoms with Crippen molar-refractivity contribution >= 4 is 17.4 Å². The summed E-state index contributed by atoms with van der Waals surface area (Å²) in [6, 6.07) is 15.7. The van der Waals surface area contributed by atoms with Crippen LogP contribution in [0.2, 0.25) is 0 Å². The maximum atomic E-state index is 12.4. The topological polar surface area (TPSA) is 46.4 Å². The number of fused-ring (bicyclic) bond motifs is 1. The van der Waals surface area contributed by atoms with E-state index in [4.69, 9.17) is 0 Å². The van der Waals surface area contributed by atoms with Crippen LogP contribution in [0, 0.1) is 5.41 Å². The second-order valence-corrected chi connectivity index (χ2v) is 6.89. The average Bonchev–Trinajstić information content (AvgIpc) is 2.85. The molecule has 0 fully saturated rings. The number of hydrogen-bond donors (Lipinski definition) is 1. The lowest BCUT2D eigenvalue weighted by Crippen LogP contribution is -2.20. The first kappa shape index (κ1) is 15.3. The first-order valence-electron chi connectivity index (χ1n) is 7.76. The molecule has 3 aromatic rings. The van der Waals surface area contributed by atoms with E-state index < -0.39 is 0 Å². The molecule has 0 bridgehead atoms. The van der Waals surface area contributed by atoms with Gasteiger partial charge in [0.1, 0.15) is 17.2 Å². The number of nitrogens with one attached hydrogen (secondary N) is 1. The van der Waals surface area contributed by atoms with Gasteiger partial charge < -0.3 is 5.32 Å². The van der Waals surface area contributed by atoms with Crippen molar-refractivity contribution in [2.45, 2.75) is 27.2 Å². The van der Waals surface area contributed by atoms with Crippen molar-refractivity contribution in [2.75, 3.05) is 5.32 Å². The maximum Gasteiger partial charge on any atom is 0.226 e. The molecule has 0 aliphatic rings. The van der Waals surface area contributed by atoms with Gasteiger partial charge in [0.15, 0.2) is 0 Å². The minimum atomic E-state index is -0.0581. The summed E-state index contributed by atoms with van der Waals surface area (Å²) in [5.74, 6) is 0.724. The Kier molecular flexibility index (Phi) is 3.90. The van der Waals surface area contributed by atoms with Crippen molar-refractivity contribution in [3.8, 4) is 11.3 Å². The van der Waals surface area contributed by atoms with Gasteiger partial charge in [-0.15, -0.1) is 0 Å². The first-order valence-corrected chi connectivity index (χ1v) is 7.76. The van der Waals surface area contributed by atoms with Crippen LogP contribution in [0.4, 0.5) is 5.82 Å². The Morgan fingerprint density at radius 1 is 1.09 bits per heavy atom. The minimum Gasteiger partial charge on any atom is -0.310 e. The van der Waals surface area contributed by atoms with Crippen LogP contribution >= 0.6 is 0 Å². The van der Waals surface area contributed by atoms with E-state index in [0.29, 0.717) is 6.42 Å². The van der Waals surface area contributed by atoms with Crippen LogP contribution in [0.25, 0.3) is 16.9 Å². The molecule has 0 saturated carbocycles. The zero-order valence-corrected chi connectivity index (χ0v) is 13.7. The van der Waals surface area contributed by atoms with Crippen LogP contribution in [0.3, 0.4) is 0 Å². The van der Waals surface area contributed by atoms with Crippen LogP contribution < -0.4 is 5.32 Å². The molecule has 23 heavy (non-hydrogen) atoms. The molecule has 2 aromatic heterocycles. The SMILES string of the molecule is CC(C)(C)CC(=O)Nc1c(-c2ccccc2)nc2ccccn12. The first-order chi connectivity index (χ1) is 10.9. The predicted octanol–water partition coefficient (Wildman–Crippen LogP) is 4.38. The number of pyridine rings is 1. The molecule has 118 valence electrons. The summed E-state index contributed by atoms with van der Waals surface area (Å²) in [5, 5.41) is 3.05. The van der Waals surface area contributed by atoms with Crippen molar-refractivity contribution in [1.82, 2.24) is 9.38 Å². The van der Waals surface area contributed by atoms with Crippen LogP contribution in [0.15, 0.2) is 54.7 Å². The van der Waals surface area contributed by atoms with Gasteiger partial charge in [0, 0.05) is 18.2 Å². The number of nitrogens with zero attached hydrogens (tertiary/aromatic N) is 2. The molecule has 4 nitrogen and oxygen atoms in total. The summed E-state index contributed by atoms with van der Waals surface area (Å²) >= 11 is 0. The van der Waals surface area contributed by atoms with Crippen molar-refractivity contribution in [2.24, 2.45) is 5.41 Å². The largest absolute Gasteiger partial charge is 0.310 e. The Bertz CT molecular complexity index is 829. The zero-order chi connectivity index (χ0) is 16.4. The normalized spacial score (nSPS) is 11.6. The summed E-state index contributed by atoms with van der Waals surface area (Å²) in [7, 11) is 0. The van der Waals surface area contributed by atoms with Crippen LogP contribution in [-0.4, -0.2) is 15.3 Å². The lowest BCUT2D eigenvalue weighted by molar-refractivity contribution is -0.117. The zero-order valence-electron chi connectivity index (χ0n) is 13.7. The minimum absolute atomic E-state index is 0.000309. The van der Waals surface area contributed by atoms with E-state index in [9.17, 15) is 4.79 Å². The molecule has 0 aliphatic carbocycles. The number of carbonyl (C=O) groups excluding carboxylic acids is 1. The van der Waals surface area contributed by atoms with Crippen LogP contribution in [-0.2, 0) is 4.79 Å². The van der Waals surface area contributed by atoms with Gasteiger partial charge in [-0.3, -0.25) is 9.20 Å². The highest BCUT2D eigenvalue weighted by Crippen LogP contribution is 2.29. The van der Waals surface area contributed by atoms with E-state index in [1.807, 2.05) is 59.1 Å². The van der Waals surface area contributed by atoms with Gasteiger partial charge in [-0.25, -0.2) is 4.98 Å². The molecule has 1 N–H and O–H groups in total. The molecule has 0 atom stereocenters. The van der Waals surface area contributed by atoms with E-state index >= 15 is 0 Å². The quantitative estimate of drug-likeness (QED) is 0.780. The Balaban J connectivity index is 2.05.